The maximum atomic E-state index is 13.8. The van der Waals surface area contributed by atoms with E-state index in [4.69, 9.17) is 0 Å². The molecular weight excluding hydrogens is 346 g/mol. The number of hydrogen-bond donors (Lipinski definition) is 2. The van der Waals surface area contributed by atoms with E-state index < -0.39 is 28.7 Å². The number of nitrogens with one attached hydrogen (secondary N) is 2. The van der Waals surface area contributed by atoms with Gasteiger partial charge in [0.25, 0.3) is 0 Å². The van der Waals surface area contributed by atoms with Crippen LogP contribution in [0.25, 0.3) is 11.0 Å². The molecule has 0 saturated carbocycles. The largest absolute Gasteiger partial charge is 0.323 e. The average molecular weight is 353 g/mol. The number of carbonyl (C=O) groups is 1. The summed E-state index contributed by atoms with van der Waals surface area (Å²) < 4.78 is 27.8. The van der Waals surface area contributed by atoms with Crippen molar-refractivity contribution in [1.29, 1.82) is 0 Å². The van der Waals surface area contributed by atoms with Crippen molar-refractivity contribution in [3.05, 3.63) is 68.1 Å². The van der Waals surface area contributed by atoms with Crippen molar-refractivity contribution in [3.8, 4) is 0 Å². The quantitative estimate of drug-likeness (QED) is 0.696. The third-order valence-electron chi connectivity index (χ3n) is 3.01. The Bertz CT molecular complexity index is 907. The van der Waals surface area contributed by atoms with Gasteiger partial charge < -0.3 is 9.97 Å². The number of H-pyrrole nitrogens is 2. The molecule has 0 atom stereocenters. The second-order valence-electron chi connectivity index (χ2n) is 4.41. The van der Waals surface area contributed by atoms with E-state index in [9.17, 15) is 18.4 Å². The van der Waals surface area contributed by atoms with Crippen LogP contribution in [0.3, 0.4) is 0 Å². The molecule has 0 saturated heterocycles. The van der Waals surface area contributed by atoms with E-state index >= 15 is 0 Å². The van der Waals surface area contributed by atoms with Gasteiger partial charge in [-0.25, -0.2) is 13.6 Å². The molecule has 0 radical (unpaired) electrons. The van der Waals surface area contributed by atoms with Crippen LogP contribution in [0, 0.1) is 11.6 Å². The van der Waals surface area contributed by atoms with Crippen molar-refractivity contribution in [2.75, 3.05) is 0 Å². The molecule has 2 N–H and O–H groups in total. The third kappa shape index (κ3) is 2.40. The number of imidazole rings is 1. The summed E-state index contributed by atoms with van der Waals surface area (Å²) in [6, 6.07) is 6.31. The SMILES string of the molecule is O=C(c1ccc2[nH]c(=O)[nH]c2c1)c1c(F)cc(Br)cc1F. The molecule has 0 aliphatic rings. The Morgan fingerprint density at radius 3 is 2.29 bits per heavy atom. The molecule has 2 aromatic carbocycles. The van der Waals surface area contributed by atoms with Crippen LogP contribution < -0.4 is 5.69 Å². The molecule has 0 aliphatic carbocycles. The topological polar surface area (TPSA) is 65.7 Å². The predicted molar refractivity (Wildman–Crippen MR) is 76.4 cm³/mol. The van der Waals surface area contributed by atoms with Crippen LogP contribution in [0.4, 0.5) is 8.78 Å². The fraction of sp³-hybridized carbons (Fsp3) is 0. The van der Waals surface area contributed by atoms with Crippen molar-refractivity contribution < 1.29 is 13.6 Å². The average Bonchev–Trinajstić information content (AvgIpc) is 2.76. The summed E-state index contributed by atoms with van der Waals surface area (Å²) >= 11 is 2.95. The van der Waals surface area contributed by atoms with Crippen molar-refractivity contribution in [1.82, 2.24) is 9.97 Å². The zero-order chi connectivity index (χ0) is 15.1. The number of aromatic nitrogens is 2. The van der Waals surface area contributed by atoms with E-state index in [2.05, 4.69) is 25.9 Å². The Hall–Kier alpha value is -2.28. The number of fused-ring (bicyclic) bond motifs is 1. The van der Waals surface area contributed by atoms with Crippen LogP contribution in [0.5, 0.6) is 0 Å². The van der Waals surface area contributed by atoms with E-state index in [-0.39, 0.29) is 10.0 Å². The second-order valence-corrected chi connectivity index (χ2v) is 5.33. The molecule has 4 nitrogen and oxygen atoms in total. The van der Waals surface area contributed by atoms with Crippen LogP contribution in [-0.2, 0) is 0 Å². The Kier molecular flexibility index (Phi) is 3.21. The van der Waals surface area contributed by atoms with Crippen LogP contribution in [-0.4, -0.2) is 15.8 Å². The van der Waals surface area contributed by atoms with E-state index in [1.807, 2.05) is 0 Å². The monoisotopic (exact) mass is 352 g/mol. The molecule has 0 bridgehead atoms. The van der Waals surface area contributed by atoms with Gasteiger partial charge in [0.15, 0.2) is 5.78 Å². The van der Waals surface area contributed by atoms with Crippen molar-refractivity contribution in [3.63, 3.8) is 0 Å². The third-order valence-corrected chi connectivity index (χ3v) is 3.47. The van der Waals surface area contributed by atoms with Gasteiger partial charge in [-0.3, -0.25) is 4.79 Å². The van der Waals surface area contributed by atoms with Crippen molar-refractivity contribution >= 4 is 32.7 Å². The van der Waals surface area contributed by atoms with Crippen LogP contribution in [0.1, 0.15) is 15.9 Å². The van der Waals surface area contributed by atoms with Gasteiger partial charge in [-0.2, -0.15) is 0 Å². The predicted octanol–water partition coefficient (Wildman–Crippen LogP) is 3.13. The van der Waals surface area contributed by atoms with Gasteiger partial charge in [0.05, 0.1) is 16.6 Å². The lowest BCUT2D eigenvalue weighted by atomic mass is 10.0. The summed E-state index contributed by atoms with van der Waals surface area (Å²) in [4.78, 5) is 28.4. The van der Waals surface area contributed by atoms with Crippen LogP contribution in [0.15, 0.2) is 39.6 Å². The lowest BCUT2D eigenvalue weighted by Crippen LogP contribution is -2.07. The van der Waals surface area contributed by atoms with Gasteiger partial charge in [0.1, 0.15) is 11.6 Å². The molecule has 1 heterocycles. The molecule has 0 unspecified atom stereocenters. The molecule has 0 fully saturated rings. The lowest BCUT2D eigenvalue weighted by molar-refractivity contribution is 0.103. The molecule has 0 aliphatic heterocycles. The molecule has 21 heavy (non-hydrogen) atoms. The fourth-order valence-electron chi connectivity index (χ4n) is 2.08. The zero-order valence-electron chi connectivity index (χ0n) is 10.3. The standard InChI is InChI=1S/C14H7BrF2N2O2/c15-7-4-8(16)12(9(17)5-7)13(20)6-1-2-10-11(3-6)19-14(21)18-10/h1-5H,(H2,18,19,21). The molecule has 0 spiro atoms. The second kappa shape index (κ2) is 4.92. The molecule has 3 aromatic rings. The number of aromatic amines is 2. The van der Waals surface area contributed by atoms with Crippen LogP contribution in [0.2, 0.25) is 0 Å². The summed E-state index contributed by atoms with van der Waals surface area (Å²) in [5.74, 6) is -2.69. The number of rotatable bonds is 2. The van der Waals surface area contributed by atoms with E-state index in [1.54, 1.807) is 0 Å². The maximum absolute atomic E-state index is 13.8. The van der Waals surface area contributed by atoms with E-state index in [1.165, 1.54) is 18.2 Å². The van der Waals surface area contributed by atoms with Crippen molar-refractivity contribution in [2.24, 2.45) is 0 Å². The Labute approximate surface area is 124 Å². The number of hydrogen-bond acceptors (Lipinski definition) is 2. The highest BCUT2D eigenvalue weighted by molar-refractivity contribution is 9.10. The molecule has 106 valence electrons. The van der Waals surface area contributed by atoms with Gasteiger partial charge in [-0.05, 0) is 30.3 Å². The minimum Gasteiger partial charge on any atom is -0.306 e. The highest BCUT2D eigenvalue weighted by Gasteiger charge is 2.20. The van der Waals surface area contributed by atoms with E-state index in [0.29, 0.717) is 11.0 Å². The van der Waals surface area contributed by atoms with Crippen LogP contribution >= 0.6 is 15.9 Å². The summed E-state index contributed by atoms with van der Waals surface area (Å²) in [6.45, 7) is 0. The van der Waals surface area contributed by atoms with Gasteiger partial charge >= 0.3 is 5.69 Å². The van der Waals surface area contributed by atoms with E-state index in [0.717, 1.165) is 12.1 Å². The molecular formula is C14H7BrF2N2O2. The lowest BCUT2D eigenvalue weighted by Gasteiger charge is -2.05. The van der Waals surface area contributed by atoms with Gasteiger partial charge in [0, 0.05) is 10.0 Å². The van der Waals surface area contributed by atoms with Gasteiger partial charge in [0.2, 0.25) is 0 Å². The summed E-state index contributed by atoms with van der Waals surface area (Å²) in [5.41, 5.74) is -0.0685. The number of carbonyl (C=O) groups excluding carboxylic acids is 1. The molecule has 3 rings (SSSR count). The number of halogens is 3. The first-order chi connectivity index (χ1) is 9.95. The fourth-order valence-corrected chi connectivity index (χ4v) is 2.48. The Morgan fingerprint density at radius 2 is 1.62 bits per heavy atom. The Morgan fingerprint density at radius 1 is 1.00 bits per heavy atom. The first-order valence-electron chi connectivity index (χ1n) is 5.87. The maximum Gasteiger partial charge on any atom is 0.323 e. The first-order valence-corrected chi connectivity index (χ1v) is 6.66. The zero-order valence-corrected chi connectivity index (χ0v) is 11.9. The number of ketones is 1. The highest BCUT2D eigenvalue weighted by atomic mass is 79.9. The normalized spacial score (nSPS) is 11.0. The molecule has 7 heteroatoms. The van der Waals surface area contributed by atoms with Crippen molar-refractivity contribution in [2.45, 2.75) is 0 Å². The highest BCUT2D eigenvalue weighted by Crippen LogP contribution is 2.23. The van der Waals surface area contributed by atoms with Gasteiger partial charge in [-0.15, -0.1) is 0 Å². The molecule has 0 amide bonds. The minimum absolute atomic E-state index is 0.0814. The van der Waals surface area contributed by atoms with Gasteiger partial charge in [-0.1, -0.05) is 15.9 Å². The first kappa shape index (κ1) is 13.7. The summed E-state index contributed by atoms with van der Waals surface area (Å²) in [5, 5.41) is 0. The molecule has 1 aromatic heterocycles. The number of benzene rings is 2. The minimum atomic E-state index is -0.950. The Balaban J connectivity index is 2.14. The summed E-state index contributed by atoms with van der Waals surface area (Å²) in [6.07, 6.45) is 0. The smallest absolute Gasteiger partial charge is 0.306 e. The summed E-state index contributed by atoms with van der Waals surface area (Å²) in [7, 11) is 0.